The van der Waals surface area contributed by atoms with E-state index in [2.05, 4.69) is 10.3 Å². The number of urea groups is 1. The van der Waals surface area contributed by atoms with Crippen molar-refractivity contribution in [1.82, 2.24) is 14.5 Å². The van der Waals surface area contributed by atoms with Crippen molar-refractivity contribution in [2.45, 2.75) is 18.9 Å². The quantitative estimate of drug-likeness (QED) is 0.723. The first-order valence-electron chi connectivity index (χ1n) is 8.73. The van der Waals surface area contributed by atoms with E-state index in [4.69, 9.17) is 0 Å². The van der Waals surface area contributed by atoms with Crippen molar-refractivity contribution < 1.29 is 13.6 Å². The fourth-order valence-electron chi connectivity index (χ4n) is 3.55. The monoisotopic (exact) mass is 372 g/mol. The van der Waals surface area contributed by atoms with Crippen LogP contribution in [0.2, 0.25) is 0 Å². The maximum Gasteiger partial charge on any atom is 0.326 e. The fourth-order valence-corrected chi connectivity index (χ4v) is 3.55. The number of likely N-dealkylation sites (tertiary alicyclic amines) is 1. The minimum absolute atomic E-state index is 0.0137. The van der Waals surface area contributed by atoms with Gasteiger partial charge in [-0.2, -0.15) is 0 Å². The molecule has 6 nitrogen and oxygen atoms in total. The topological polar surface area (TPSA) is 70.1 Å². The van der Waals surface area contributed by atoms with Crippen LogP contribution < -0.4 is 11.0 Å². The van der Waals surface area contributed by atoms with Crippen molar-refractivity contribution >= 4 is 22.8 Å². The average molecular weight is 372 g/mol. The number of nitrogens with one attached hydrogen (secondary N) is 2. The van der Waals surface area contributed by atoms with Crippen LogP contribution >= 0.6 is 0 Å². The molecule has 2 aromatic carbocycles. The minimum atomic E-state index is -0.816. The van der Waals surface area contributed by atoms with Crippen molar-refractivity contribution in [2.75, 3.05) is 18.4 Å². The molecule has 0 spiro atoms. The number of fused-ring (bicyclic) bond motifs is 1. The predicted octanol–water partition coefficient (Wildman–Crippen LogP) is 3.48. The Kier molecular flexibility index (Phi) is 4.39. The minimum Gasteiger partial charge on any atom is -0.324 e. The second-order valence-corrected chi connectivity index (χ2v) is 6.59. The summed E-state index contributed by atoms with van der Waals surface area (Å²) in [6.07, 6.45) is 1.22. The van der Waals surface area contributed by atoms with E-state index < -0.39 is 17.7 Å². The number of carbonyl (C=O) groups excluding carboxylic acids is 1. The standard InChI is InChI=1S/C19H18F2N4O2/c20-12-5-6-15(14(21)11-12)22-18(26)24-9-7-13(8-10-24)25-17-4-2-1-3-16(17)23-19(25)27/h1-6,11,13H,7-10H2,(H,22,26)(H,23,27). The van der Waals surface area contributed by atoms with Gasteiger partial charge in [0.15, 0.2) is 0 Å². The molecule has 1 aliphatic rings. The number of rotatable bonds is 2. The number of halogens is 2. The predicted molar refractivity (Wildman–Crippen MR) is 97.8 cm³/mol. The van der Waals surface area contributed by atoms with Gasteiger partial charge in [0.2, 0.25) is 0 Å². The Morgan fingerprint density at radius 3 is 2.59 bits per heavy atom. The maximum atomic E-state index is 13.7. The van der Waals surface area contributed by atoms with E-state index in [1.54, 1.807) is 9.47 Å². The van der Waals surface area contributed by atoms with Gasteiger partial charge in [-0.1, -0.05) is 12.1 Å². The van der Waals surface area contributed by atoms with Gasteiger partial charge in [0, 0.05) is 25.2 Å². The van der Waals surface area contributed by atoms with Gasteiger partial charge in [0.25, 0.3) is 0 Å². The number of carbonyl (C=O) groups is 1. The zero-order valence-electron chi connectivity index (χ0n) is 14.4. The molecule has 2 heterocycles. The van der Waals surface area contributed by atoms with Gasteiger partial charge in [-0.05, 0) is 37.1 Å². The van der Waals surface area contributed by atoms with Gasteiger partial charge in [-0.25, -0.2) is 18.4 Å². The molecule has 0 atom stereocenters. The Hall–Kier alpha value is -3.16. The van der Waals surface area contributed by atoms with E-state index in [0.29, 0.717) is 25.9 Å². The van der Waals surface area contributed by atoms with E-state index in [-0.39, 0.29) is 17.4 Å². The Morgan fingerprint density at radius 1 is 1.11 bits per heavy atom. The first-order chi connectivity index (χ1) is 13.0. The number of anilines is 1. The van der Waals surface area contributed by atoms with Crippen LogP contribution in [0, 0.1) is 11.6 Å². The lowest BCUT2D eigenvalue weighted by Crippen LogP contribution is -2.42. The van der Waals surface area contributed by atoms with E-state index in [1.807, 2.05) is 24.3 Å². The number of H-pyrrole nitrogens is 1. The second kappa shape index (κ2) is 6.86. The molecule has 0 aliphatic carbocycles. The van der Waals surface area contributed by atoms with Gasteiger partial charge < -0.3 is 15.2 Å². The molecule has 1 aliphatic heterocycles. The highest BCUT2D eigenvalue weighted by Crippen LogP contribution is 2.25. The summed E-state index contributed by atoms with van der Waals surface area (Å²) in [6, 6.07) is 10.1. The van der Waals surface area contributed by atoms with E-state index in [1.165, 1.54) is 6.07 Å². The van der Waals surface area contributed by atoms with Gasteiger partial charge in [-0.15, -0.1) is 0 Å². The fraction of sp³-hybridized carbons (Fsp3) is 0.263. The molecule has 140 valence electrons. The molecule has 0 radical (unpaired) electrons. The summed E-state index contributed by atoms with van der Waals surface area (Å²) in [7, 11) is 0. The molecular formula is C19H18F2N4O2. The van der Waals surface area contributed by atoms with Crippen LogP contribution in [-0.4, -0.2) is 33.6 Å². The molecular weight excluding hydrogens is 354 g/mol. The van der Waals surface area contributed by atoms with Crippen LogP contribution in [0.25, 0.3) is 11.0 Å². The molecule has 2 N–H and O–H groups in total. The SMILES string of the molecule is O=C(Nc1ccc(F)cc1F)N1CCC(n2c(=O)[nH]c3ccccc32)CC1. The third kappa shape index (κ3) is 3.30. The van der Waals surface area contributed by atoms with Gasteiger partial charge in [0.1, 0.15) is 11.6 Å². The van der Waals surface area contributed by atoms with Crippen molar-refractivity contribution in [3.05, 3.63) is 64.6 Å². The first-order valence-corrected chi connectivity index (χ1v) is 8.73. The number of aromatic amines is 1. The highest BCUT2D eigenvalue weighted by Gasteiger charge is 2.26. The third-order valence-corrected chi connectivity index (χ3v) is 4.91. The van der Waals surface area contributed by atoms with E-state index >= 15 is 0 Å². The molecule has 0 unspecified atom stereocenters. The van der Waals surface area contributed by atoms with E-state index in [9.17, 15) is 18.4 Å². The number of amides is 2. The molecule has 1 aromatic heterocycles. The first kappa shape index (κ1) is 17.3. The molecule has 1 fully saturated rings. The second-order valence-electron chi connectivity index (χ2n) is 6.59. The molecule has 3 aromatic rings. The molecule has 0 bridgehead atoms. The van der Waals surface area contributed by atoms with Crippen molar-refractivity contribution in [3.63, 3.8) is 0 Å². The summed E-state index contributed by atoms with van der Waals surface area (Å²) in [5.74, 6) is -1.51. The lowest BCUT2D eigenvalue weighted by Gasteiger charge is -2.32. The third-order valence-electron chi connectivity index (χ3n) is 4.91. The number of aromatic nitrogens is 2. The summed E-state index contributed by atoms with van der Waals surface area (Å²) in [6.45, 7) is 0.872. The zero-order chi connectivity index (χ0) is 19.0. The van der Waals surface area contributed by atoms with Gasteiger partial charge in [0.05, 0.1) is 16.7 Å². The molecule has 0 saturated carbocycles. The largest absolute Gasteiger partial charge is 0.326 e. The molecule has 8 heteroatoms. The van der Waals surface area contributed by atoms with Crippen molar-refractivity contribution in [3.8, 4) is 0 Å². The Labute approximate surface area is 153 Å². The maximum absolute atomic E-state index is 13.7. The van der Waals surface area contributed by atoms with Crippen molar-refractivity contribution in [1.29, 1.82) is 0 Å². The van der Waals surface area contributed by atoms with Crippen LogP contribution in [0.15, 0.2) is 47.3 Å². The molecule has 27 heavy (non-hydrogen) atoms. The lowest BCUT2D eigenvalue weighted by atomic mass is 10.0. The zero-order valence-corrected chi connectivity index (χ0v) is 14.4. The van der Waals surface area contributed by atoms with Crippen LogP contribution in [0.5, 0.6) is 0 Å². The molecule has 1 saturated heterocycles. The summed E-state index contributed by atoms with van der Waals surface area (Å²) in [5, 5.41) is 2.47. The molecule has 2 amide bonds. The summed E-state index contributed by atoms with van der Waals surface area (Å²) >= 11 is 0. The number of para-hydroxylation sites is 2. The van der Waals surface area contributed by atoms with Crippen LogP contribution in [0.3, 0.4) is 0 Å². The van der Waals surface area contributed by atoms with Crippen LogP contribution in [-0.2, 0) is 0 Å². The van der Waals surface area contributed by atoms with Crippen LogP contribution in [0.1, 0.15) is 18.9 Å². The number of hydrogen-bond donors (Lipinski definition) is 2. The number of hydrogen-bond acceptors (Lipinski definition) is 2. The Morgan fingerprint density at radius 2 is 1.85 bits per heavy atom. The number of nitrogens with zero attached hydrogens (tertiary/aromatic N) is 2. The van der Waals surface area contributed by atoms with Gasteiger partial charge in [-0.3, -0.25) is 4.57 Å². The smallest absolute Gasteiger partial charge is 0.324 e. The van der Waals surface area contributed by atoms with Crippen LogP contribution in [0.4, 0.5) is 19.3 Å². The Bertz CT molecular complexity index is 1050. The normalized spacial score (nSPS) is 15.3. The number of piperidine rings is 1. The van der Waals surface area contributed by atoms with E-state index in [0.717, 1.165) is 23.2 Å². The van der Waals surface area contributed by atoms with Gasteiger partial charge >= 0.3 is 11.7 Å². The highest BCUT2D eigenvalue weighted by molar-refractivity contribution is 5.89. The Balaban J connectivity index is 1.45. The summed E-state index contributed by atoms with van der Waals surface area (Å²) in [5.41, 5.74) is 1.41. The summed E-state index contributed by atoms with van der Waals surface area (Å²) < 4.78 is 28.4. The number of benzene rings is 2. The lowest BCUT2D eigenvalue weighted by molar-refractivity contribution is 0.184. The molecule has 4 rings (SSSR count). The summed E-state index contributed by atoms with van der Waals surface area (Å²) in [4.78, 5) is 29.1. The van der Waals surface area contributed by atoms with Crippen molar-refractivity contribution in [2.24, 2.45) is 0 Å². The highest BCUT2D eigenvalue weighted by atomic mass is 19.1. The number of imidazole rings is 1. The average Bonchev–Trinajstić information content (AvgIpc) is 3.00.